The Balaban J connectivity index is 1.69. The van der Waals surface area contributed by atoms with Crippen molar-refractivity contribution in [2.24, 2.45) is 0 Å². The van der Waals surface area contributed by atoms with Gasteiger partial charge in [-0.15, -0.1) is 11.8 Å². The van der Waals surface area contributed by atoms with Gasteiger partial charge in [-0.3, -0.25) is 14.4 Å². The van der Waals surface area contributed by atoms with E-state index in [4.69, 9.17) is 9.84 Å². The largest absolute Gasteiger partial charge is 0.481 e. The fourth-order valence-corrected chi connectivity index (χ4v) is 3.14. The number of carbonyl (C=O) groups is 3. The van der Waals surface area contributed by atoms with Gasteiger partial charge in [-0.25, -0.2) is 0 Å². The number of anilines is 1. The maximum absolute atomic E-state index is 12.2. The Morgan fingerprint density at radius 2 is 2.00 bits per heavy atom. The maximum atomic E-state index is 12.2. The molecule has 1 unspecified atom stereocenters. The van der Waals surface area contributed by atoms with E-state index < -0.39 is 12.1 Å². The van der Waals surface area contributed by atoms with E-state index in [1.807, 2.05) is 31.2 Å². The number of hydrogen-bond donors (Lipinski definition) is 2. The van der Waals surface area contributed by atoms with Crippen LogP contribution in [0, 0.1) is 6.92 Å². The molecule has 1 aromatic carbocycles. The summed E-state index contributed by atoms with van der Waals surface area (Å²) in [4.78, 5) is 36.4. The molecule has 1 atom stereocenters. The number of carboxylic acids is 1. The molecule has 1 heterocycles. The lowest BCUT2D eigenvalue weighted by atomic mass is 10.2. The number of ether oxygens (including phenoxy) is 1. The third-order valence-corrected chi connectivity index (χ3v) is 4.61. The molecule has 0 radical (unpaired) electrons. The summed E-state index contributed by atoms with van der Waals surface area (Å²) in [5.41, 5.74) is 1.84. The van der Waals surface area contributed by atoms with Gasteiger partial charge in [0.25, 0.3) is 0 Å². The van der Waals surface area contributed by atoms with E-state index in [-0.39, 0.29) is 36.3 Å². The van der Waals surface area contributed by atoms with Gasteiger partial charge in [-0.05, 0) is 19.1 Å². The van der Waals surface area contributed by atoms with E-state index in [0.717, 1.165) is 11.3 Å². The molecule has 1 aliphatic rings. The minimum absolute atomic E-state index is 0.105. The summed E-state index contributed by atoms with van der Waals surface area (Å²) in [7, 11) is 0. The van der Waals surface area contributed by atoms with Crippen molar-refractivity contribution >= 4 is 35.2 Å². The molecule has 0 bridgehead atoms. The number of thioether (sulfide) groups is 1. The Labute approximate surface area is 150 Å². The summed E-state index contributed by atoms with van der Waals surface area (Å²) in [5.74, 6) is -0.843. The van der Waals surface area contributed by atoms with Gasteiger partial charge in [0, 0.05) is 18.8 Å². The maximum Gasteiger partial charge on any atom is 0.306 e. The molecular formula is C17H22N2O5S. The first-order valence-corrected chi connectivity index (χ1v) is 9.15. The standard InChI is InChI=1S/C17H22N2O5S/c1-12-2-4-13(5-3-12)18-15(20)10-25-11-16(21)19-6-7-24-14(9-19)8-17(22)23/h2-5,14H,6-11H2,1H3,(H,18,20)(H,22,23). The number of aryl methyl sites for hydroxylation is 1. The zero-order valence-corrected chi connectivity index (χ0v) is 14.9. The summed E-state index contributed by atoms with van der Waals surface area (Å²) in [5, 5.41) is 11.6. The lowest BCUT2D eigenvalue weighted by Gasteiger charge is -2.32. The van der Waals surface area contributed by atoms with Crippen LogP contribution in [0.3, 0.4) is 0 Å². The average molecular weight is 366 g/mol. The number of hydrogen-bond acceptors (Lipinski definition) is 5. The van der Waals surface area contributed by atoms with Gasteiger partial charge in [0.1, 0.15) is 0 Å². The van der Waals surface area contributed by atoms with Gasteiger partial charge in [0.2, 0.25) is 11.8 Å². The van der Waals surface area contributed by atoms with E-state index >= 15 is 0 Å². The van der Waals surface area contributed by atoms with Crippen LogP contribution in [-0.2, 0) is 19.1 Å². The molecule has 8 heteroatoms. The molecule has 0 aromatic heterocycles. The second-order valence-electron chi connectivity index (χ2n) is 5.84. The number of nitrogens with zero attached hydrogens (tertiary/aromatic N) is 1. The number of aliphatic carboxylic acids is 1. The molecule has 25 heavy (non-hydrogen) atoms. The Morgan fingerprint density at radius 1 is 1.28 bits per heavy atom. The van der Waals surface area contributed by atoms with Crippen molar-refractivity contribution in [1.82, 2.24) is 4.90 Å². The number of carboxylic acid groups (broad SMARTS) is 1. The monoisotopic (exact) mass is 366 g/mol. The summed E-state index contributed by atoms with van der Waals surface area (Å²) < 4.78 is 5.34. The summed E-state index contributed by atoms with van der Waals surface area (Å²) in [6, 6.07) is 7.50. The molecule has 2 amide bonds. The lowest BCUT2D eigenvalue weighted by Crippen LogP contribution is -2.47. The predicted molar refractivity (Wildman–Crippen MR) is 95.7 cm³/mol. The van der Waals surface area contributed by atoms with Crippen molar-refractivity contribution in [2.75, 3.05) is 36.5 Å². The predicted octanol–water partition coefficient (Wildman–Crippen LogP) is 1.37. The molecule has 2 rings (SSSR count). The smallest absolute Gasteiger partial charge is 0.306 e. The first-order chi connectivity index (χ1) is 11.9. The van der Waals surface area contributed by atoms with E-state index in [1.54, 1.807) is 4.90 Å². The molecular weight excluding hydrogens is 344 g/mol. The van der Waals surface area contributed by atoms with Crippen LogP contribution < -0.4 is 5.32 Å². The second-order valence-corrected chi connectivity index (χ2v) is 6.82. The molecule has 0 spiro atoms. The van der Waals surface area contributed by atoms with Gasteiger partial charge in [-0.2, -0.15) is 0 Å². The number of benzene rings is 1. The number of amides is 2. The van der Waals surface area contributed by atoms with Crippen molar-refractivity contribution in [2.45, 2.75) is 19.4 Å². The first kappa shape index (κ1) is 19.3. The lowest BCUT2D eigenvalue weighted by molar-refractivity contribution is -0.146. The van der Waals surface area contributed by atoms with Crippen LogP contribution in [0.5, 0.6) is 0 Å². The first-order valence-electron chi connectivity index (χ1n) is 7.99. The quantitative estimate of drug-likeness (QED) is 0.757. The average Bonchev–Trinajstić information content (AvgIpc) is 2.56. The molecule has 0 aliphatic carbocycles. The zero-order valence-electron chi connectivity index (χ0n) is 14.1. The van der Waals surface area contributed by atoms with Gasteiger partial charge >= 0.3 is 5.97 Å². The molecule has 1 aromatic rings. The topological polar surface area (TPSA) is 95.9 Å². The van der Waals surface area contributed by atoms with Crippen LogP contribution in [0.25, 0.3) is 0 Å². The number of rotatable bonds is 7. The minimum atomic E-state index is -0.943. The zero-order chi connectivity index (χ0) is 18.2. The Kier molecular flexibility index (Phi) is 7.27. The third kappa shape index (κ3) is 6.75. The van der Waals surface area contributed by atoms with E-state index in [1.165, 1.54) is 11.8 Å². The highest BCUT2D eigenvalue weighted by atomic mass is 32.2. The van der Waals surface area contributed by atoms with Crippen molar-refractivity contribution in [3.8, 4) is 0 Å². The summed E-state index contributed by atoms with van der Waals surface area (Å²) in [6.45, 7) is 3.04. The highest BCUT2D eigenvalue weighted by Crippen LogP contribution is 2.13. The van der Waals surface area contributed by atoms with E-state index in [2.05, 4.69) is 5.32 Å². The fourth-order valence-electron chi connectivity index (χ4n) is 2.42. The second kappa shape index (κ2) is 9.43. The highest BCUT2D eigenvalue weighted by Gasteiger charge is 2.25. The summed E-state index contributed by atoms with van der Waals surface area (Å²) in [6.07, 6.45) is -0.583. The molecule has 2 N–H and O–H groups in total. The Morgan fingerprint density at radius 3 is 2.68 bits per heavy atom. The van der Waals surface area contributed by atoms with Crippen LogP contribution in [0.4, 0.5) is 5.69 Å². The number of morpholine rings is 1. The summed E-state index contributed by atoms with van der Waals surface area (Å²) >= 11 is 1.24. The van der Waals surface area contributed by atoms with Gasteiger partial charge in [0.15, 0.2) is 0 Å². The number of carbonyl (C=O) groups excluding carboxylic acids is 2. The van der Waals surface area contributed by atoms with Crippen molar-refractivity contribution in [3.05, 3.63) is 29.8 Å². The van der Waals surface area contributed by atoms with Gasteiger partial charge in [0.05, 0.1) is 30.6 Å². The molecule has 1 saturated heterocycles. The van der Waals surface area contributed by atoms with Crippen LogP contribution in [0.2, 0.25) is 0 Å². The molecule has 136 valence electrons. The van der Waals surface area contributed by atoms with E-state index in [9.17, 15) is 14.4 Å². The Hall–Kier alpha value is -2.06. The van der Waals surface area contributed by atoms with Gasteiger partial charge < -0.3 is 20.1 Å². The minimum Gasteiger partial charge on any atom is -0.481 e. The third-order valence-electron chi connectivity index (χ3n) is 3.69. The SMILES string of the molecule is Cc1ccc(NC(=O)CSCC(=O)N2CCOC(CC(=O)O)C2)cc1. The molecule has 7 nitrogen and oxygen atoms in total. The van der Waals surface area contributed by atoms with Crippen molar-refractivity contribution in [1.29, 1.82) is 0 Å². The van der Waals surface area contributed by atoms with Crippen LogP contribution in [-0.4, -0.2) is 65.1 Å². The molecule has 0 saturated carbocycles. The van der Waals surface area contributed by atoms with Crippen LogP contribution in [0.1, 0.15) is 12.0 Å². The molecule has 1 aliphatic heterocycles. The van der Waals surface area contributed by atoms with Crippen molar-refractivity contribution < 1.29 is 24.2 Å². The number of nitrogens with one attached hydrogen (secondary N) is 1. The Bertz CT molecular complexity index is 620. The normalized spacial score (nSPS) is 17.2. The fraction of sp³-hybridized carbons (Fsp3) is 0.471. The van der Waals surface area contributed by atoms with Crippen molar-refractivity contribution in [3.63, 3.8) is 0 Å². The van der Waals surface area contributed by atoms with Crippen LogP contribution >= 0.6 is 11.8 Å². The van der Waals surface area contributed by atoms with E-state index in [0.29, 0.717) is 13.2 Å². The highest BCUT2D eigenvalue weighted by molar-refractivity contribution is 8.00. The van der Waals surface area contributed by atoms with Gasteiger partial charge in [-0.1, -0.05) is 17.7 Å². The van der Waals surface area contributed by atoms with Crippen LogP contribution in [0.15, 0.2) is 24.3 Å². The molecule has 1 fully saturated rings.